The predicted octanol–water partition coefficient (Wildman–Crippen LogP) is 2.56. The standard InChI is InChI=1S/C15H26N2/c1-9-6-10(2)12(4)15(11(9)3)13(5)14(7-16)8-17/h6,13-14H,7-8,16-17H2,1-5H3. The van der Waals surface area contributed by atoms with E-state index in [1.54, 1.807) is 0 Å². The smallest absolute Gasteiger partial charge is 0.00310 e. The van der Waals surface area contributed by atoms with Crippen molar-refractivity contribution in [3.8, 4) is 0 Å². The Labute approximate surface area is 105 Å². The largest absolute Gasteiger partial charge is 0.330 e. The van der Waals surface area contributed by atoms with Crippen molar-refractivity contribution >= 4 is 0 Å². The Hall–Kier alpha value is -0.860. The van der Waals surface area contributed by atoms with E-state index in [1.807, 2.05) is 0 Å². The molecule has 1 rings (SSSR count). The van der Waals surface area contributed by atoms with Crippen LogP contribution in [0.5, 0.6) is 0 Å². The van der Waals surface area contributed by atoms with E-state index in [9.17, 15) is 0 Å². The predicted molar refractivity (Wildman–Crippen MR) is 75.4 cm³/mol. The monoisotopic (exact) mass is 234 g/mol. The molecular formula is C15H26N2. The average Bonchev–Trinajstić information content (AvgIpc) is 2.28. The average molecular weight is 234 g/mol. The first-order chi connectivity index (χ1) is 7.93. The molecule has 1 aromatic rings. The lowest BCUT2D eigenvalue weighted by molar-refractivity contribution is 0.463. The van der Waals surface area contributed by atoms with Crippen LogP contribution in [0.3, 0.4) is 0 Å². The van der Waals surface area contributed by atoms with Crippen LogP contribution in [0.15, 0.2) is 6.07 Å². The summed E-state index contributed by atoms with van der Waals surface area (Å²) in [6.45, 7) is 12.3. The lowest BCUT2D eigenvalue weighted by atomic mass is 9.80. The fourth-order valence-electron chi connectivity index (χ4n) is 2.67. The lowest BCUT2D eigenvalue weighted by Gasteiger charge is -2.26. The van der Waals surface area contributed by atoms with Gasteiger partial charge < -0.3 is 11.5 Å². The van der Waals surface area contributed by atoms with Crippen molar-refractivity contribution in [3.05, 3.63) is 33.9 Å². The second kappa shape index (κ2) is 5.65. The van der Waals surface area contributed by atoms with Crippen LogP contribution in [0.4, 0.5) is 0 Å². The summed E-state index contributed by atoms with van der Waals surface area (Å²) in [5, 5.41) is 0. The summed E-state index contributed by atoms with van der Waals surface area (Å²) in [7, 11) is 0. The minimum absolute atomic E-state index is 0.369. The van der Waals surface area contributed by atoms with Crippen LogP contribution in [0, 0.1) is 33.6 Å². The topological polar surface area (TPSA) is 52.0 Å². The Balaban J connectivity index is 3.29. The SMILES string of the molecule is Cc1cc(C)c(C)c(C(C)C(CN)CN)c1C. The summed E-state index contributed by atoms with van der Waals surface area (Å²) >= 11 is 0. The first kappa shape index (κ1) is 14.2. The fraction of sp³-hybridized carbons (Fsp3) is 0.600. The normalized spacial score (nSPS) is 13.2. The van der Waals surface area contributed by atoms with Crippen molar-refractivity contribution in [2.24, 2.45) is 17.4 Å². The third-order valence-electron chi connectivity index (χ3n) is 4.19. The van der Waals surface area contributed by atoms with Crippen LogP contribution in [-0.2, 0) is 0 Å². The third kappa shape index (κ3) is 2.70. The number of aryl methyl sites for hydroxylation is 2. The van der Waals surface area contributed by atoms with Crippen molar-refractivity contribution in [2.45, 2.75) is 40.5 Å². The van der Waals surface area contributed by atoms with E-state index in [0.29, 0.717) is 24.9 Å². The van der Waals surface area contributed by atoms with E-state index in [1.165, 1.54) is 27.8 Å². The molecule has 0 aliphatic carbocycles. The summed E-state index contributed by atoms with van der Waals surface area (Å²) in [6, 6.07) is 2.26. The van der Waals surface area contributed by atoms with Crippen LogP contribution in [0.2, 0.25) is 0 Å². The summed E-state index contributed by atoms with van der Waals surface area (Å²) in [6.07, 6.45) is 0. The van der Waals surface area contributed by atoms with Gasteiger partial charge in [-0.3, -0.25) is 0 Å². The molecule has 96 valence electrons. The molecule has 0 amide bonds. The molecule has 2 heteroatoms. The van der Waals surface area contributed by atoms with Gasteiger partial charge >= 0.3 is 0 Å². The van der Waals surface area contributed by atoms with Crippen molar-refractivity contribution in [2.75, 3.05) is 13.1 Å². The van der Waals surface area contributed by atoms with Gasteiger partial charge in [0.1, 0.15) is 0 Å². The molecule has 0 saturated heterocycles. The molecule has 0 aliphatic heterocycles. The van der Waals surface area contributed by atoms with Crippen LogP contribution < -0.4 is 11.5 Å². The van der Waals surface area contributed by atoms with Gasteiger partial charge in [-0.1, -0.05) is 13.0 Å². The quantitative estimate of drug-likeness (QED) is 0.841. The van der Waals surface area contributed by atoms with E-state index in [2.05, 4.69) is 40.7 Å². The highest BCUT2D eigenvalue weighted by atomic mass is 14.6. The first-order valence-electron chi connectivity index (χ1n) is 6.41. The third-order valence-corrected chi connectivity index (χ3v) is 4.19. The molecule has 0 saturated carbocycles. The maximum atomic E-state index is 5.82. The number of nitrogens with two attached hydrogens (primary N) is 2. The molecule has 1 aromatic carbocycles. The summed E-state index contributed by atoms with van der Waals surface area (Å²) < 4.78 is 0. The zero-order chi connectivity index (χ0) is 13.2. The van der Waals surface area contributed by atoms with Gasteiger partial charge in [-0.05, 0) is 80.4 Å². The molecule has 0 bridgehead atoms. The van der Waals surface area contributed by atoms with Crippen molar-refractivity contribution in [3.63, 3.8) is 0 Å². The van der Waals surface area contributed by atoms with Crippen molar-refractivity contribution < 1.29 is 0 Å². The van der Waals surface area contributed by atoms with Gasteiger partial charge in [0.2, 0.25) is 0 Å². The van der Waals surface area contributed by atoms with Crippen LogP contribution in [0.1, 0.15) is 40.7 Å². The molecule has 2 nitrogen and oxygen atoms in total. The van der Waals surface area contributed by atoms with E-state index in [4.69, 9.17) is 11.5 Å². The van der Waals surface area contributed by atoms with Gasteiger partial charge in [-0.15, -0.1) is 0 Å². The van der Waals surface area contributed by atoms with Gasteiger partial charge in [0, 0.05) is 0 Å². The fourth-order valence-corrected chi connectivity index (χ4v) is 2.67. The van der Waals surface area contributed by atoms with Crippen LogP contribution in [-0.4, -0.2) is 13.1 Å². The van der Waals surface area contributed by atoms with Gasteiger partial charge in [-0.2, -0.15) is 0 Å². The Morgan fingerprint density at radius 3 is 1.71 bits per heavy atom. The second-order valence-electron chi connectivity index (χ2n) is 5.19. The molecule has 0 spiro atoms. The molecule has 1 atom stereocenters. The van der Waals surface area contributed by atoms with Gasteiger partial charge in [0.15, 0.2) is 0 Å². The Morgan fingerprint density at radius 2 is 1.35 bits per heavy atom. The molecule has 17 heavy (non-hydrogen) atoms. The van der Waals surface area contributed by atoms with E-state index in [-0.39, 0.29) is 0 Å². The molecule has 0 fully saturated rings. The molecular weight excluding hydrogens is 208 g/mol. The van der Waals surface area contributed by atoms with Crippen molar-refractivity contribution in [1.82, 2.24) is 0 Å². The number of rotatable bonds is 4. The van der Waals surface area contributed by atoms with Crippen LogP contribution >= 0.6 is 0 Å². The maximum absolute atomic E-state index is 5.82. The lowest BCUT2D eigenvalue weighted by Crippen LogP contribution is -2.28. The minimum atomic E-state index is 0.369. The van der Waals surface area contributed by atoms with Gasteiger partial charge in [0.25, 0.3) is 0 Å². The second-order valence-corrected chi connectivity index (χ2v) is 5.19. The van der Waals surface area contributed by atoms with E-state index >= 15 is 0 Å². The number of hydrogen-bond donors (Lipinski definition) is 2. The zero-order valence-electron chi connectivity index (χ0n) is 11.8. The molecule has 0 heterocycles. The molecule has 0 aromatic heterocycles. The van der Waals surface area contributed by atoms with Gasteiger partial charge in [-0.25, -0.2) is 0 Å². The van der Waals surface area contributed by atoms with Crippen molar-refractivity contribution in [1.29, 1.82) is 0 Å². The highest BCUT2D eigenvalue weighted by molar-refractivity contribution is 5.46. The first-order valence-corrected chi connectivity index (χ1v) is 6.41. The van der Waals surface area contributed by atoms with E-state index < -0.39 is 0 Å². The Morgan fingerprint density at radius 1 is 0.941 bits per heavy atom. The number of hydrogen-bond acceptors (Lipinski definition) is 2. The summed E-state index contributed by atoms with van der Waals surface area (Å²) in [5.41, 5.74) is 18.6. The summed E-state index contributed by atoms with van der Waals surface area (Å²) in [5.74, 6) is 0.803. The van der Waals surface area contributed by atoms with E-state index in [0.717, 1.165) is 0 Å². The van der Waals surface area contributed by atoms with Gasteiger partial charge in [0.05, 0.1) is 0 Å². The summed E-state index contributed by atoms with van der Waals surface area (Å²) in [4.78, 5) is 0. The minimum Gasteiger partial charge on any atom is -0.330 e. The maximum Gasteiger partial charge on any atom is -0.00310 e. The zero-order valence-corrected chi connectivity index (χ0v) is 11.8. The molecule has 0 radical (unpaired) electrons. The molecule has 4 N–H and O–H groups in total. The molecule has 1 unspecified atom stereocenters. The highest BCUT2D eigenvalue weighted by Crippen LogP contribution is 2.32. The Kier molecular flexibility index (Phi) is 4.72. The van der Waals surface area contributed by atoms with Crippen LogP contribution in [0.25, 0.3) is 0 Å². The molecule has 0 aliphatic rings. The highest BCUT2D eigenvalue weighted by Gasteiger charge is 2.21. The Bertz CT molecular complexity index is 366. The number of benzene rings is 1.